The molecule has 3 rings (SSSR count). The number of carbonyl (C=O) groups is 2. The number of ether oxygens (including phenoxy) is 1. The molecule has 136 valence electrons. The van der Waals surface area contributed by atoms with Gasteiger partial charge in [-0.25, -0.2) is 9.63 Å². The molecule has 0 N–H and O–H groups in total. The van der Waals surface area contributed by atoms with Crippen LogP contribution in [0, 0.1) is 0 Å². The van der Waals surface area contributed by atoms with Crippen LogP contribution in [-0.4, -0.2) is 30.4 Å². The number of hydrogen-bond donors (Lipinski definition) is 0. The van der Waals surface area contributed by atoms with Crippen LogP contribution < -0.4 is 4.90 Å². The number of amides is 2. The molecule has 1 aliphatic heterocycles. The smallest absolute Gasteiger partial charge is 0.351 e. The molecular weight excluding hydrogens is 379 g/mol. The van der Waals surface area contributed by atoms with Crippen LogP contribution >= 0.6 is 23.2 Å². The first kappa shape index (κ1) is 18.5. The Morgan fingerprint density at radius 2 is 1.85 bits per heavy atom. The van der Waals surface area contributed by atoms with Crippen LogP contribution in [-0.2, 0) is 20.9 Å². The van der Waals surface area contributed by atoms with E-state index in [1.807, 2.05) is 6.07 Å². The van der Waals surface area contributed by atoms with Crippen molar-refractivity contribution in [1.29, 1.82) is 0 Å². The van der Waals surface area contributed by atoms with Crippen molar-refractivity contribution in [2.24, 2.45) is 0 Å². The minimum atomic E-state index is -0.821. The van der Waals surface area contributed by atoms with Crippen molar-refractivity contribution in [3.63, 3.8) is 0 Å². The van der Waals surface area contributed by atoms with Gasteiger partial charge in [0.1, 0.15) is 0 Å². The third-order valence-corrected chi connectivity index (χ3v) is 4.52. The summed E-state index contributed by atoms with van der Waals surface area (Å²) < 4.78 is 4.71. The summed E-state index contributed by atoms with van der Waals surface area (Å²) in [6, 6.07) is 13.5. The molecule has 1 aliphatic rings. The zero-order chi connectivity index (χ0) is 18.7. The van der Waals surface area contributed by atoms with E-state index in [1.165, 1.54) is 17.1 Å². The highest BCUT2D eigenvalue weighted by molar-refractivity contribution is 6.31. The Bertz CT molecular complexity index is 813. The molecule has 0 aromatic heterocycles. The normalized spacial score (nSPS) is 16.9. The highest BCUT2D eigenvalue weighted by Gasteiger charge is 2.41. The lowest BCUT2D eigenvalue weighted by Gasteiger charge is -2.20. The zero-order valence-corrected chi connectivity index (χ0v) is 15.4. The van der Waals surface area contributed by atoms with E-state index in [0.717, 1.165) is 5.56 Å². The number of methoxy groups -OCH3 is 1. The maximum absolute atomic E-state index is 12.9. The number of hydroxylamine groups is 2. The minimum absolute atomic E-state index is 0.107. The molecule has 0 radical (unpaired) electrons. The number of rotatable bonds is 5. The molecule has 26 heavy (non-hydrogen) atoms. The second-order valence-electron chi connectivity index (χ2n) is 5.60. The molecule has 0 saturated carbocycles. The Balaban J connectivity index is 1.87. The lowest BCUT2D eigenvalue weighted by atomic mass is 10.2. The molecule has 8 heteroatoms. The number of anilines is 1. The molecule has 1 atom stereocenters. The van der Waals surface area contributed by atoms with Crippen LogP contribution in [0.1, 0.15) is 12.0 Å². The van der Waals surface area contributed by atoms with Crippen LogP contribution in [0.2, 0.25) is 10.0 Å². The average Bonchev–Trinajstić information content (AvgIpc) is 2.93. The Morgan fingerprint density at radius 1 is 1.15 bits per heavy atom. The van der Waals surface area contributed by atoms with E-state index in [9.17, 15) is 9.59 Å². The summed E-state index contributed by atoms with van der Waals surface area (Å²) in [4.78, 5) is 31.7. The predicted octanol–water partition coefficient (Wildman–Crippen LogP) is 4.26. The van der Waals surface area contributed by atoms with Crippen LogP contribution in [0.25, 0.3) is 0 Å². The molecule has 0 spiro atoms. The van der Waals surface area contributed by atoms with Gasteiger partial charge in [-0.3, -0.25) is 9.69 Å². The third-order valence-electron chi connectivity index (χ3n) is 3.90. The summed E-state index contributed by atoms with van der Waals surface area (Å²) in [5.41, 5.74) is 1.30. The Labute approximate surface area is 160 Å². The largest absolute Gasteiger partial charge is 0.469 e. The van der Waals surface area contributed by atoms with Gasteiger partial charge in [0.2, 0.25) is 0 Å². The second-order valence-corrected chi connectivity index (χ2v) is 6.44. The average molecular weight is 395 g/mol. The Hall–Kier alpha value is -2.28. The highest BCUT2D eigenvalue weighted by Crippen LogP contribution is 2.30. The van der Waals surface area contributed by atoms with Gasteiger partial charge < -0.3 is 4.74 Å². The van der Waals surface area contributed by atoms with Crippen molar-refractivity contribution in [2.75, 3.05) is 12.0 Å². The Kier molecular flexibility index (Phi) is 5.66. The number of urea groups is 1. The van der Waals surface area contributed by atoms with Crippen molar-refractivity contribution in [3.8, 4) is 0 Å². The van der Waals surface area contributed by atoms with Gasteiger partial charge in [-0.15, -0.1) is 0 Å². The molecule has 2 aromatic carbocycles. The van der Waals surface area contributed by atoms with Gasteiger partial charge in [0.05, 0.1) is 20.1 Å². The third kappa shape index (κ3) is 3.93. The molecule has 2 amide bonds. The summed E-state index contributed by atoms with van der Waals surface area (Å²) in [6.07, 6.45) is -0.928. The maximum atomic E-state index is 12.9. The maximum Gasteiger partial charge on any atom is 0.351 e. The number of nitrogens with zero attached hydrogens (tertiary/aromatic N) is 2. The quantitative estimate of drug-likeness (QED) is 0.710. The number of carbonyl (C=O) groups excluding carboxylic acids is 2. The van der Waals surface area contributed by atoms with Gasteiger partial charge in [0.25, 0.3) is 0 Å². The van der Waals surface area contributed by atoms with Gasteiger partial charge in [-0.1, -0.05) is 41.4 Å². The second kappa shape index (κ2) is 7.95. The van der Waals surface area contributed by atoms with Crippen LogP contribution in [0.4, 0.5) is 10.5 Å². The van der Waals surface area contributed by atoms with E-state index in [2.05, 4.69) is 0 Å². The van der Waals surface area contributed by atoms with E-state index in [1.54, 1.807) is 42.5 Å². The molecule has 0 aliphatic carbocycles. The molecule has 1 saturated heterocycles. The van der Waals surface area contributed by atoms with E-state index in [0.29, 0.717) is 15.7 Å². The molecule has 1 fully saturated rings. The molecule has 1 heterocycles. The molecule has 2 aromatic rings. The summed E-state index contributed by atoms with van der Waals surface area (Å²) in [5.74, 6) is -0.485. The van der Waals surface area contributed by atoms with E-state index in [-0.39, 0.29) is 13.0 Å². The van der Waals surface area contributed by atoms with Crippen molar-refractivity contribution in [1.82, 2.24) is 5.06 Å². The lowest BCUT2D eigenvalue weighted by molar-refractivity contribution is -0.155. The molecule has 1 unspecified atom stereocenters. The number of halogens is 2. The fraction of sp³-hybridized carbons (Fsp3) is 0.222. The first-order chi connectivity index (χ1) is 12.5. The van der Waals surface area contributed by atoms with Crippen LogP contribution in [0.15, 0.2) is 48.5 Å². The van der Waals surface area contributed by atoms with Crippen molar-refractivity contribution >= 4 is 40.9 Å². The molecule has 0 bridgehead atoms. The van der Waals surface area contributed by atoms with Crippen molar-refractivity contribution in [3.05, 3.63) is 64.1 Å². The monoisotopic (exact) mass is 394 g/mol. The summed E-state index contributed by atoms with van der Waals surface area (Å²) in [5, 5.41) is 2.25. The van der Waals surface area contributed by atoms with E-state index in [4.69, 9.17) is 32.8 Å². The number of esters is 1. The van der Waals surface area contributed by atoms with Gasteiger partial charge in [-0.2, -0.15) is 5.06 Å². The number of hydrogen-bond acceptors (Lipinski definition) is 4. The topological polar surface area (TPSA) is 59.1 Å². The first-order valence-electron chi connectivity index (χ1n) is 7.83. The highest BCUT2D eigenvalue weighted by atomic mass is 35.5. The van der Waals surface area contributed by atoms with Gasteiger partial charge in [0, 0.05) is 15.7 Å². The lowest BCUT2D eigenvalue weighted by Crippen LogP contribution is -2.36. The SMILES string of the molecule is COC(=O)CC1ON(Cc2ccccc2Cl)C(=O)N1c1ccc(Cl)cc1. The predicted molar refractivity (Wildman–Crippen MR) is 97.8 cm³/mol. The summed E-state index contributed by atoms with van der Waals surface area (Å²) in [6.45, 7) is 0.153. The van der Waals surface area contributed by atoms with Gasteiger partial charge in [-0.05, 0) is 35.9 Å². The van der Waals surface area contributed by atoms with E-state index < -0.39 is 18.2 Å². The summed E-state index contributed by atoms with van der Waals surface area (Å²) in [7, 11) is 1.28. The fourth-order valence-corrected chi connectivity index (χ4v) is 2.92. The van der Waals surface area contributed by atoms with Crippen LogP contribution in [0.5, 0.6) is 0 Å². The fourth-order valence-electron chi connectivity index (χ4n) is 2.60. The standard InChI is InChI=1S/C18H16Cl2N2O4/c1-25-17(23)10-16-22(14-8-6-13(19)7-9-14)18(24)21(26-16)11-12-4-2-3-5-15(12)20/h2-9,16H,10-11H2,1H3. The van der Waals surface area contributed by atoms with Crippen LogP contribution in [0.3, 0.4) is 0 Å². The zero-order valence-electron chi connectivity index (χ0n) is 13.9. The van der Waals surface area contributed by atoms with Crippen molar-refractivity contribution < 1.29 is 19.2 Å². The summed E-state index contributed by atoms with van der Waals surface area (Å²) >= 11 is 12.1. The minimum Gasteiger partial charge on any atom is -0.469 e. The molecule has 6 nitrogen and oxygen atoms in total. The molecular formula is C18H16Cl2N2O4. The number of benzene rings is 2. The van der Waals surface area contributed by atoms with E-state index >= 15 is 0 Å². The van der Waals surface area contributed by atoms with Gasteiger partial charge in [0.15, 0.2) is 6.23 Å². The Morgan fingerprint density at radius 3 is 2.50 bits per heavy atom. The first-order valence-corrected chi connectivity index (χ1v) is 8.58. The van der Waals surface area contributed by atoms with Gasteiger partial charge >= 0.3 is 12.0 Å². The van der Waals surface area contributed by atoms with Crippen molar-refractivity contribution in [2.45, 2.75) is 19.2 Å².